The number of nitrogens with zero attached hydrogens (tertiary/aromatic N) is 4. The van der Waals surface area contributed by atoms with Gasteiger partial charge in [0.15, 0.2) is 0 Å². The molecule has 3 N–H and O–H groups in total. The van der Waals surface area contributed by atoms with Crippen molar-refractivity contribution in [2.75, 3.05) is 18.0 Å². The highest BCUT2D eigenvalue weighted by Gasteiger charge is 2.31. The summed E-state index contributed by atoms with van der Waals surface area (Å²) in [6, 6.07) is 4.85. The topological polar surface area (TPSA) is 142 Å². The number of piperidine rings is 1. The molecule has 1 amide bonds. The monoisotopic (exact) mass is 391 g/mol. The molecule has 3 heterocycles. The third kappa shape index (κ3) is 5.49. The van der Waals surface area contributed by atoms with Crippen LogP contribution in [0.25, 0.3) is 0 Å². The number of aromatic nitrogens is 3. The number of hydrogen-bond acceptors (Lipinski definition) is 8. The molecule has 0 radical (unpaired) electrons. The van der Waals surface area contributed by atoms with E-state index in [1.807, 2.05) is 31.7 Å². The highest BCUT2D eigenvalue weighted by molar-refractivity contribution is 5.92. The van der Waals surface area contributed by atoms with Crippen LogP contribution in [0, 0.1) is 6.92 Å². The van der Waals surface area contributed by atoms with Gasteiger partial charge in [-0.3, -0.25) is 9.59 Å². The molecule has 1 aliphatic rings. The number of aryl methyl sites for hydroxylation is 1. The lowest BCUT2D eigenvalue weighted by Gasteiger charge is -2.35. The minimum absolute atomic E-state index is 0.152. The van der Waals surface area contributed by atoms with Gasteiger partial charge in [-0.05, 0) is 30.6 Å². The summed E-state index contributed by atoms with van der Waals surface area (Å²) in [5, 5.41) is 24.0. The Bertz CT molecular complexity index is 794. The van der Waals surface area contributed by atoms with Gasteiger partial charge >= 0.3 is 0 Å². The second-order valence-electron chi connectivity index (χ2n) is 6.74. The van der Waals surface area contributed by atoms with Crippen molar-refractivity contribution in [1.82, 2.24) is 20.4 Å². The molecule has 152 valence electrons. The summed E-state index contributed by atoms with van der Waals surface area (Å²) >= 11 is 0. The summed E-state index contributed by atoms with van der Waals surface area (Å²) in [7, 11) is 0. The quantitative estimate of drug-likeness (QED) is 0.650. The van der Waals surface area contributed by atoms with Gasteiger partial charge in [-0.25, -0.2) is 4.98 Å². The molecule has 1 fully saturated rings. The minimum atomic E-state index is -0.624. The van der Waals surface area contributed by atoms with E-state index in [1.165, 1.54) is 0 Å². The van der Waals surface area contributed by atoms with Gasteiger partial charge in [-0.2, -0.15) is 4.98 Å². The van der Waals surface area contributed by atoms with Gasteiger partial charge in [0.25, 0.3) is 18.3 Å². The van der Waals surface area contributed by atoms with Crippen molar-refractivity contribution in [2.24, 2.45) is 0 Å². The predicted octanol–water partition coefficient (Wildman–Crippen LogP) is 0.967. The fourth-order valence-electron chi connectivity index (χ4n) is 2.76. The number of aliphatic hydroxyl groups is 1. The maximum atomic E-state index is 12.4. The first-order valence-electron chi connectivity index (χ1n) is 8.94. The number of anilines is 1. The van der Waals surface area contributed by atoms with Crippen molar-refractivity contribution in [1.29, 1.82) is 0 Å². The minimum Gasteiger partial charge on any atom is -0.483 e. The average Bonchev–Trinajstić information content (AvgIpc) is 3.14. The summed E-state index contributed by atoms with van der Waals surface area (Å²) in [5.41, 5.74) is 1.11. The summed E-state index contributed by atoms with van der Waals surface area (Å²) < 4.78 is 5.24. The van der Waals surface area contributed by atoms with E-state index < -0.39 is 12.1 Å². The summed E-state index contributed by atoms with van der Waals surface area (Å²) in [6.07, 6.45) is -0.112. The zero-order valence-corrected chi connectivity index (χ0v) is 16.1. The van der Waals surface area contributed by atoms with Crippen LogP contribution >= 0.6 is 0 Å². The molecule has 28 heavy (non-hydrogen) atoms. The van der Waals surface area contributed by atoms with Crippen molar-refractivity contribution < 1.29 is 24.3 Å². The summed E-state index contributed by atoms with van der Waals surface area (Å²) in [4.78, 5) is 31.3. The molecule has 0 saturated carbocycles. The molecule has 0 aromatic carbocycles. The van der Waals surface area contributed by atoms with E-state index in [1.54, 1.807) is 12.1 Å². The molecule has 2 aromatic rings. The van der Waals surface area contributed by atoms with E-state index in [9.17, 15) is 9.90 Å². The molecule has 0 spiro atoms. The summed E-state index contributed by atoms with van der Waals surface area (Å²) in [6.45, 7) is 6.56. The Morgan fingerprint density at radius 1 is 1.39 bits per heavy atom. The number of carboxylic acid groups (broad SMARTS) is 1. The van der Waals surface area contributed by atoms with Crippen molar-refractivity contribution in [3.05, 3.63) is 35.5 Å². The SMILES string of the molecule is Cc1cccc(C(=O)N[C@@H]2CN(c3noc(C(C)C)n3)CC[C@H]2O)n1.O=CO. The zero-order chi connectivity index (χ0) is 20.7. The highest BCUT2D eigenvalue weighted by Crippen LogP contribution is 2.20. The third-order valence-corrected chi connectivity index (χ3v) is 4.22. The predicted molar refractivity (Wildman–Crippen MR) is 100 cm³/mol. The van der Waals surface area contributed by atoms with E-state index in [0.717, 1.165) is 5.69 Å². The Labute approximate surface area is 162 Å². The number of carbonyl (C=O) groups excluding carboxylic acids is 1. The van der Waals surface area contributed by atoms with Gasteiger partial charge in [-0.1, -0.05) is 19.9 Å². The molecule has 1 saturated heterocycles. The van der Waals surface area contributed by atoms with Gasteiger partial charge in [0.2, 0.25) is 5.89 Å². The average molecular weight is 391 g/mol. The lowest BCUT2D eigenvalue weighted by molar-refractivity contribution is -0.122. The van der Waals surface area contributed by atoms with E-state index in [4.69, 9.17) is 14.4 Å². The Morgan fingerprint density at radius 3 is 2.71 bits per heavy atom. The Hall–Kier alpha value is -3.01. The zero-order valence-electron chi connectivity index (χ0n) is 16.1. The first-order valence-corrected chi connectivity index (χ1v) is 8.94. The normalized spacial score (nSPS) is 19.0. The van der Waals surface area contributed by atoms with Crippen LogP contribution in [0.1, 0.15) is 48.3 Å². The van der Waals surface area contributed by atoms with Crippen LogP contribution in [0.3, 0.4) is 0 Å². The molecule has 2 aromatic heterocycles. The molecule has 1 aliphatic heterocycles. The van der Waals surface area contributed by atoms with E-state index in [0.29, 0.717) is 37.0 Å². The van der Waals surface area contributed by atoms with Gasteiger partial charge in [0.05, 0.1) is 12.1 Å². The lowest BCUT2D eigenvalue weighted by Crippen LogP contribution is -2.55. The van der Waals surface area contributed by atoms with Gasteiger partial charge in [0.1, 0.15) is 5.69 Å². The summed E-state index contributed by atoms with van der Waals surface area (Å²) in [5.74, 6) is 0.916. The molecule has 3 rings (SSSR count). The number of amides is 1. The largest absolute Gasteiger partial charge is 0.483 e. The Morgan fingerprint density at radius 2 is 2.11 bits per heavy atom. The fraction of sp³-hybridized carbons (Fsp3) is 0.500. The second kappa shape index (κ2) is 9.79. The fourth-order valence-corrected chi connectivity index (χ4v) is 2.76. The number of hydrogen-bond donors (Lipinski definition) is 3. The molecule has 0 aliphatic carbocycles. The smallest absolute Gasteiger partial charge is 0.290 e. The van der Waals surface area contributed by atoms with Crippen molar-refractivity contribution in [3.8, 4) is 0 Å². The molecule has 10 heteroatoms. The maximum Gasteiger partial charge on any atom is 0.290 e. The van der Waals surface area contributed by atoms with Gasteiger partial charge < -0.3 is 25.0 Å². The number of nitrogens with one attached hydrogen (secondary N) is 1. The second-order valence-corrected chi connectivity index (χ2v) is 6.74. The van der Waals surface area contributed by atoms with Crippen molar-refractivity contribution >= 4 is 18.3 Å². The first kappa shape index (κ1) is 21.3. The van der Waals surface area contributed by atoms with E-state index >= 15 is 0 Å². The Balaban J connectivity index is 0.000000878. The van der Waals surface area contributed by atoms with Crippen LogP contribution in [-0.2, 0) is 4.79 Å². The molecule has 0 unspecified atom stereocenters. The van der Waals surface area contributed by atoms with E-state index in [2.05, 4.69) is 20.4 Å². The third-order valence-electron chi connectivity index (χ3n) is 4.22. The first-order chi connectivity index (χ1) is 13.3. The van der Waals surface area contributed by atoms with Crippen LogP contribution in [0.4, 0.5) is 5.95 Å². The lowest BCUT2D eigenvalue weighted by atomic mass is 10.0. The van der Waals surface area contributed by atoms with Crippen LogP contribution in [0.15, 0.2) is 22.7 Å². The van der Waals surface area contributed by atoms with Gasteiger partial charge in [-0.15, -0.1) is 0 Å². The van der Waals surface area contributed by atoms with E-state index in [-0.39, 0.29) is 18.3 Å². The molecule has 2 atom stereocenters. The Kier molecular flexibility index (Phi) is 7.44. The van der Waals surface area contributed by atoms with Crippen LogP contribution in [-0.4, -0.2) is 63.0 Å². The molecule has 0 bridgehead atoms. The van der Waals surface area contributed by atoms with Gasteiger partial charge in [0, 0.05) is 24.7 Å². The highest BCUT2D eigenvalue weighted by atomic mass is 16.5. The van der Waals surface area contributed by atoms with Crippen molar-refractivity contribution in [3.63, 3.8) is 0 Å². The van der Waals surface area contributed by atoms with Crippen LogP contribution in [0.5, 0.6) is 0 Å². The van der Waals surface area contributed by atoms with Crippen molar-refractivity contribution in [2.45, 2.75) is 45.3 Å². The molecular weight excluding hydrogens is 366 g/mol. The number of rotatable bonds is 4. The van der Waals surface area contributed by atoms with Crippen LogP contribution < -0.4 is 10.2 Å². The van der Waals surface area contributed by atoms with Crippen LogP contribution in [0.2, 0.25) is 0 Å². The molecular formula is C18H25N5O5. The maximum absolute atomic E-state index is 12.4. The number of aliphatic hydroxyl groups excluding tert-OH is 1. The molecule has 10 nitrogen and oxygen atoms in total. The number of carbonyl (C=O) groups is 2. The standard InChI is InChI=1S/C17H23N5O3.CH2O2/c1-10(2)16-20-17(21-25-16)22-8-7-14(23)13(9-22)19-15(24)12-6-4-5-11(3)18-12;2-1-3/h4-6,10,13-14,23H,7-9H2,1-3H3,(H,19,24);1H,(H,2,3)/t13-,14-;/m1./s1. The number of pyridine rings is 1.